The van der Waals surface area contributed by atoms with Gasteiger partial charge in [0.1, 0.15) is 0 Å². The number of carbonyl (C=O) groups excluding carboxylic acids is 1. The number of hydrogen-bond donors (Lipinski definition) is 1. The molecule has 0 aliphatic rings. The van der Waals surface area contributed by atoms with Crippen LogP contribution in [0.2, 0.25) is 0 Å². The number of halogens is 1. The molecule has 0 saturated heterocycles. The molecule has 1 N–H and O–H groups in total. The molecule has 0 fully saturated rings. The summed E-state index contributed by atoms with van der Waals surface area (Å²) in [6, 6.07) is 7.91. The van der Waals surface area contributed by atoms with Crippen molar-refractivity contribution in [2.45, 2.75) is 32.2 Å². The molecular formula is C14H16BrNO. The van der Waals surface area contributed by atoms with Crippen molar-refractivity contribution in [2.75, 3.05) is 0 Å². The lowest BCUT2D eigenvalue weighted by atomic mass is 10.2. The number of benzene rings is 1. The lowest BCUT2D eigenvalue weighted by Gasteiger charge is -2.05. The van der Waals surface area contributed by atoms with E-state index in [1.807, 2.05) is 24.3 Å². The van der Waals surface area contributed by atoms with Gasteiger partial charge in [0, 0.05) is 23.9 Å². The standard InChI is InChI=1S/C14H16BrNO/c1-2-3-4-5-9-14(17)16-11-12-7-6-8-13(15)10-12/h1,6-8,10H,3-5,9,11H2,(H,16,17). The molecule has 1 rings (SSSR count). The molecule has 0 unspecified atom stereocenters. The SMILES string of the molecule is C#CCCCCC(=O)NCc1cccc(Br)c1. The third-order valence-corrected chi connectivity index (χ3v) is 2.85. The number of carbonyl (C=O) groups is 1. The molecule has 0 radical (unpaired) electrons. The summed E-state index contributed by atoms with van der Waals surface area (Å²) in [7, 11) is 0. The highest BCUT2D eigenvalue weighted by atomic mass is 79.9. The van der Waals surface area contributed by atoms with E-state index in [1.165, 1.54) is 0 Å². The second kappa shape index (κ2) is 7.92. The molecule has 0 saturated carbocycles. The highest BCUT2D eigenvalue weighted by molar-refractivity contribution is 9.10. The minimum absolute atomic E-state index is 0.0852. The molecule has 0 aliphatic heterocycles. The van der Waals surface area contributed by atoms with Crippen LogP contribution in [0, 0.1) is 12.3 Å². The first-order chi connectivity index (χ1) is 8.22. The van der Waals surface area contributed by atoms with E-state index < -0.39 is 0 Å². The Kier molecular flexibility index (Phi) is 6.42. The molecule has 0 spiro atoms. The summed E-state index contributed by atoms with van der Waals surface area (Å²) in [4.78, 5) is 11.5. The third-order valence-electron chi connectivity index (χ3n) is 2.35. The molecule has 90 valence electrons. The Hall–Kier alpha value is -1.27. The van der Waals surface area contributed by atoms with Gasteiger partial charge in [0.05, 0.1) is 0 Å². The van der Waals surface area contributed by atoms with Crippen molar-refractivity contribution in [1.82, 2.24) is 5.32 Å². The molecule has 1 amide bonds. The summed E-state index contributed by atoms with van der Waals surface area (Å²) in [5.74, 6) is 2.65. The topological polar surface area (TPSA) is 29.1 Å². The van der Waals surface area contributed by atoms with Crippen molar-refractivity contribution >= 4 is 21.8 Å². The number of rotatable bonds is 6. The van der Waals surface area contributed by atoms with E-state index in [0.717, 1.165) is 29.3 Å². The second-order valence-corrected chi connectivity index (χ2v) is 4.73. The summed E-state index contributed by atoms with van der Waals surface area (Å²) in [5.41, 5.74) is 1.09. The van der Waals surface area contributed by atoms with Gasteiger partial charge in [-0.05, 0) is 30.5 Å². The minimum atomic E-state index is 0.0852. The summed E-state index contributed by atoms with van der Waals surface area (Å²) in [5, 5.41) is 2.89. The van der Waals surface area contributed by atoms with E-state index in [-0.39, 0.29) is 5.91 Å². The number of unbranched alkanes of at least 4 members (excludes halogenated alkanes) is 2. The number of amides is 1. The Labute approximate surface area is 111 Å². The Bertz CT molecular complexity index is 409. The maximum Gasteiger partial charge on any atom is 0.220 e. The van der Waals surface area contributed by atoms with Gasteiger partial charge in [-0.1, -0.05) is 28.1 Å². The molecule has 0 aromatic heterocycles. The van der Waals surface area contributed by atoms with Crippen LogP contribution < -0.4 is 5.32 Å². The van der Waals surface area contributed by atoms with E-state index in [1.54, 1.807) is 0 Å². The Morgan fingerprint density at radius 2 is 2.24 bits per heavy atom. The van der Waals surface area contributed by atoms with Crippen molar-refractivity contribution in [2.24, 2.45) is 0 Å². The van der Waals surface area contributed by atoms with E-state index in [4.69, 9.17) is 6.42 Å². The smallest absolute Gasteiger partial charge is 0.220 e. The Morgan fingerprint density at radius 3 is 2.94 bits per heavy atom. The lowest BCUT2D eigenvalue weighted by Crippen LogP contribution is -2.22. The van der Waals surface area contributed by atoms with Crippen LogP contribution in [-0.2, 0) is 11.3 Å². The minimum Gasteiger partial charge on any atom is -0.352 e. The van der Waals surface area contributed by atoms with E-state index >= 15 is 0 Å². The van der Waals surface area contributed by atoms with E-state index in [0.29, 0.717) is 13.0 Å². The predicted octanol–water partition coefficient (Wildman–Crippen LogP) is 3.26. The van der Waals surface area contributed by atoms with Gasteiger partial charge in [0.15, 0.2) is 0 Å². The van der Waals surface area contributed by atoms with E-state index in [9.17, 15) is 4.79 Å². The van der Waals surface area contributed by atoms with Gasteiger partial charge in [-0.15, -0.1) is 12.3 Å². The molecule has 1 aromatic rings. The van der Waals surface area contributed by atoms with Crippen LogP contribution in [0.4, 0.5) is 0 Å². The molecular weight excluding hydrogens is 278 g/mol. The first kappa shape index (κ1) is 13.8. The van der Waals surface area contributed by atoms with Gasteiger partial charge in [0.25, 0.3) is 0 Å². The van der Waals surface area contributed by atoms with Crippen molar-refractivity contribution < 1.29 is 4.79 Å². The highest BCUT2D eigenvalue weighted by Crippen LogP contribution is 2.11. The monoisotopic (exact) mass is 293 g/mol. The fourth-order valence-electron chi connectivity index (χ4n) is 1.45. The van der Waals surface area contributed by atoms with Crippen LogP contribution in [0.15, 0.2) is 28.7 Å². The Morgan fingerprint density at radius 1 is 1.41 bits per heavy atom. The first-order valence-corrected chi connectivity index (χ1v) is 6.46. The van der Waals surface area contributed by atoms with Crippen molar-refractivity contribution in [3.8, 4) is 12.3 Å². The van der Waals surface area contributed by atoms with Crippen molar-refractivity contribution in [3.05, 3.63) is 34.3 Å². The van der Waals surface area contributed by atoms with Crippen LogP contribution in [0.3, 0.4) is 0 Å². The largest absolute Gasteiger partial charge is 0.352 e. The molecule has 0 atom stereocenters. The summed E-state index contributed by atoms with van der Waals surface area (Å²) in [6.07, 6.45) is 8.21. The van der Waals surface area contributed by atoms with Crippen molar-refractivity contribution in [1.29, 1.82) is 0 Å². The molecule has 1 aromatic carbocycles. The summed E-state index contributed by atoms with van der Waals surface area (Å²) >= 11 is 3.40. The average molecular weight is 294 g/mol. The van der Waals surface area contributed by atoms with Crippen LogP contribution >= 0.6 is 15.9 Å². The van der Waals surface area contributed by atoms with Crippen LogP contribution in [-0.4, -0.2) is 5.91 Å². The number of nitrogens with one attached hydrogen (secondary N) is 1. The lowest BCUT2D eigenvalue weighted by molar-refractivity contribution is -0.121. The molecule has 0 bridgehead atoms. The summed E-state index contributed by atoms with van der Waals surface area (Å²) in [6.45, 7) is 0.577. The predicted molar refractivity (Wildman–Crippen MR) is 73.3 cm³/mol. The van der Waals surface area contributed by atoms with Gasteiger partial charge < -0.3 is 5.32 Å². The van der Waals surface area contributed by atoms with Crippen LogP contribution in [0.1, 0.15) is 31.2 Å². The zero-order valence-corrected chi connectivity index (χ0v) is 11.3. The highest BCUT2D eigenvalue weighted by Gasteiger charge is 2.01. The maximum atomic E-state index is 11.5. The van der Waals surface area contributed by atoms with Crippen molar-refractivity contribution in [3.63, 3.8) is 0 Å². The molecule has 3 heteroatoms. The zero-order chi connectivity index (χ0) is 12.5. The van der Waals surface area contributed by atoms with Gasteiger partial charge in [-0.25, -0.2) is 0 Å². The second-order valence-electron chi connectivity index (χ2n) is 3.82. The quantitative estimate of drug-likeness (QED) is 0.633. The van der Waals surface area contributed by atoms with Gasteiger partial charge in [-0.3, -0.25) is 4.79 Å². The summed E-state index contributed by atoms with van der Waals surface area (Å²) < 4.78 is 1.03. The molecule has 2 nitrogen and oxygen atoms in total. The maximum absolute atomic E-state index is 11.5. The molecule has 0 heterocycles. The number of terminal acetylenes is 1. The van der Waals surface area contributed by atoms with E-state index in [2.05, 4.69) is 27.2 Å². The van der Waals surface area contributed by atoms with Gasteiger partial charge in [0.2, 0.25) is 5.91 Å². The molecule has 17 heavy (non-hydrogen) atoms. The van der Waals surface area contributed by atoms with Crippen LogP contribution in [0.25, 0.3) is 0 Å². The fraction of sp³-hybridized carbons (Fsp3) is 0.357. The molecule has 0 aliphatic carbocycles. The normalized spacial score (nSPS) is 9.65. The zero-order valence-electron chi connectivity index (χ0n) is 9.71. The fourth-order valence-corrected chi connectivity index (χ4v) is 1.90. The number of hydrogen-bond acceptors (Lipinski definition) is 1. The van der Waals surface area contributed by atoms with Gasteiger partial charge in [-0.2, -0.15) is 0 Å². The Balaban J connectivity index is 2.22. The third kappa shape index (κ3) is 6.13. The first-order valence-electron chi connectivity index (χ1n) is 5.67. The van der Waals surface area contributed by atoms with Crippen LogP contribution in [0.5, 0.6) is 0 Å². The average Bonchev–Trinajstić information content (AvgIpc) is 2.32. The van der Waals surface area contributed by atoms with Gasteiger partial charge >= 0.3 is 0 Å².